The molecule has 2 heterocycles. The van der Waals surface area contributed by atoms with E-state index in [1.54, 1.807) is 11.3 Å². The van der Waals surface area contributed by atoms with E-state index >= 15 is 0 Å². The number of carbonyl (C=O) groups is 1. The molecule has 1 aromatic carbocycles. The van der Waals surface area contributed by atoms with Crippen LogP contribution in [-0.4, -0.2) is 33.0 Å². The summed E-state index contributed by atoms with van der Waals surface area (Å²) < 4.78 is 2.01. The zero-order valence-electron chi connectivity index (χ0n) is 14.2. The van der Waals surface area contributed by atoms with Crippen molar-refractivity contribution >= 4 is 29.0 Å². The SMILES string of the molecule is CC(C)CNC(=O)CSc1nnc(-c2cccs2)n1-c1ccccc1. The average Bonchev–Trinajstić information content (AvgIpc) is 3.28. The number of thiophene rings is 1. The Bertz CT molecular complexity index is 813. The van der Waals surface area contributed by atoms with Crippen molar-refractivity contribution in [2.24, 2.45) is 5.92 Å². The van der Waals surface area contributed by atoms with E-state index in [1.165, 1.54) is 11.8 Å². The fraction of sp³-hybridized carbons (Fsp3) is 0.278. The Hall–Kier alpha value is -2.12. The molecule has 0 bridgehead atoms. The zero-order valence-corrected chi connectivity index (χ0v) is 15.8. The molecular weight excluding hydrogens is 352 g/mol. The number of benzene rings is 1. The molecule has 0 aliphatic rings. The van der Waals surface area contributed by atoms with Gasteiger partial charge in [-0.25, -0.2) is 0 Å². The number of rotatable bonds is 7. The average molecular weight is 373 g/mol. The second kappa shape index (κ2) is 8.31. The van der Waals surface area contributed by atoms with Gasteiger partial charge in [0.25, 0.3) is 0 Å². The molecule has 0 spiro atoms. The number of nitrogens with zero attached hydrogens (tertiary/aromatic N) is 3. The van der Waals surface area contributed by atoms with E-state index < -0.39 is 0 Å². The molecular formula is C18H20N4OS2. The van der Waals surface area contributed by atoms with Crippen molar-refractivity contribution in [1.82, 2.24) is 20.1 Å². The van der Waals surface area contributed by atoms with Crippen LogP contribution in [0.3, 0.4) is 0 Å². The Morgan fingerprint density at radius 1 is 1.20 bits per heavy atom. The molecule has 7 heteroatoms. The summed E-state index contributed by atoms with van der Waals surface area (Å²) in [5.41, 5.74) is 0.987. The van der Waals surface area contributed by atoms with Crippen LogP contribution in [0.25, 0.3) is 16.4 Å². The molecule has 0 aliphatic carbocycles. The molecule has 0 radical (unpaired) electrons. The topological polar surface area (TPSA) is 59.8 Å². The summed E-state index contributed by atoms with van der Waals surface area (Å²) in [5.74, 6) is 1.57. The van der Waals surface area contributed by atoms with Gasteiger partial charge < -0.3 is 5.32 Å². The maximum absolute atomic E-state index is 12.0. The van der Waals surface area contributed by atoms with E-state index in [-0.39, 0.29) is 5.91 Å². The lowest BCUT2D eigenvalue weighted by Crippen LogP contribution is -2.28. The highest BCUT2D eigenvalue weighted by Gasteiger charge is 2.17. The fourth-order valence-electron chi connectivity index (χ4n) is 2.24. The molecule has 5 nitrogen and oxygen atoms in total. The molecule has 0 unspecified atom stereocenters. The summed E-state index contributed by atoms with van der Waals surface area (Å²) in [4.78, 5) is 13.1. The molecule has 0 aliphatic heterocycles. The van der Waals surface area contributed by atoms with Crippen molar-refractivity contribution < 1.29 is 4.79 Å². The highest BCUT2D eigenvalue weighted by Crippen LogP contribution is 2.30. The van der Waals surface area contributed by atoms with Gasteiger partial charge in [-0.3, -0.25) is 9.36 Å². The number of nitrogens with one attached hydrogen (secondary N) is 1. The van der Waals surface area contributed by atoms with Crippen molar-refractivity contribution in [1.29, 1.82) is 0 Å². The van der Waals surface area contributed by atoms with Crippen LogP contribution >= 0.6 is 23.1 Å². The second-order valence-electron chi connectivity index (χ2n) is 5.94. The smallest absolute Gasteiger partial charge is 0.230 e. The van der Waals surface area contributed by atoms with Crippen molar-refractivity contribution in [3.8, 4) is 16.4 Å². The molecule has 1 amide bonds. The van der Waals surface area contributed by atoms with Crippen LogP contribution in [0.15, 0.2) is 53.0 Å². The summed E-state index contributed by atoms with van der Waals surface area (Å²) in [6, 6.07) is 14.0. The molecule has 3 aromatic rings. The lowest BCUT2D eigenvalue weighted by atomic mass is 10.2. The van der Waals surface area contributed by atoms with E-state index in [2.05, 4.69) is 29.4 Å². The number of carbonyl (C=O) groups excluding carboxylic acids is 1. The van der Waals surface area contributed by atoms with E-state index in [0.29, 0.717) is 23.4 Å². The van der Waals surface area contributed by atoms with Gasteiger partial charge in [0, 0.05) is 12.2 Å². The van der Waals surface area contributed by atoms with Gasteiger partial charge >= 0.3 is 0 Å². The fourth-order valence-corrected chi connectivity index (χ4v) is 3.72. The minimum Gasteiger partial charge on any atom is -0.355 e. The number of thioether (sulfide) groups is 1. The van der Waals surface area contributed by atoms with Gasteiger partial charge in [0.1, 0.15) is 0 Å². The standard InChI is InChI=1S/C18H20N4OS2/c1-13(2)11-19-16(23)12-25-18-21-20-17(15-9-6-10-24-15)22(18)14-7-4-3-5-8-14/h3-10,13H,11-12H2,1-2H3,(H,19,23). The summed E-state index contributed by atoms with van der Waals surface area (Å²) in [6.07, 6.45) is 0. The predicted molar refractivity (Wildman–Crippen MR) is 103 cm³/mol. The Balaban J connectivity index is 1.83. The Morgan fingerprint density at radius 3 is 2.68 bits per heavy atom. The van der Waals surface area contributed by atoms with Crippen LogP contribution in [0.1, 0.15) is 13.8 Å². The highest BCUT2D eigenvalue weighted by molar-refractivity contribution is 7.99. The van der Waals surface area contributed by atoms with Crippen LogP contribution in [0.4, 0.5) is 0 Å². The van der Waals surface area contributed by atoms with Crippen molar-refractivity contribution in [2.45, 2.75) is 19.0 Å². The van der Waals surface area contributed by atoms with Gasteiger partial charge in [-0.05, 0) is 29.5 Å². The molecule has 2 aromatic heterocycles. The maximum atomic E-state index is 12.0. The van der Waals surface area contributed by atoms with Crippen molar-refractivity contribution in [3.05, 3.63) is 47.8 Å². The predicted octanol–water partition coefficient (Wildman–Crippen LogP) is 3.86. The second-order valence-corrected chi connectivity index (χ2v) is 7.83. The molecule has 0 atom stereocenters. The quantitative estimate of drug-likeness (QED) is 0.640. The first-order valence-corrected chi connectivity index (χ1v) is 9.96. The van der Waals surface area contributed by atoms with Crippen LogP contribution in [0.5, 0.6) is 0 Å². The molecule has 0 saturated heterocycles. The molecule has 3 rings (SSSR count). The molecule has 130 valence electrons. The van der Waals surface area contributed by atoms with Gasteiger partial charge in [0.2, 0.25) is 5.91 Å². The van der Waals surface area contributed by atoms with E-state index in [4.69, 9.17) is 0 Å². The van der Waals surface area contributed by atoms with Crippen LogP contribution in [0, 0.1) is 5.92 Å². The zero-order chi connectivity index (χ0) is 17.6. The third kappa shape index (κ3) is 4.49. The monoisotopic (exact) mass is 372 g/mol. The number of hydrogen-bond acceptors (Lipinski definition) is 5. The van der Waals surface area contributed by atoms with E-state index in [0.717, 1.165) is 16.4 Å². The maximum Gasteiger partial charge on any atom is 0.230 e. The first-order valence-electron chi connectivity index (χ1n) is 8.09. The van der Waals surface area contributed by atoms with Gasteiger partial charge in [-0.15, -0.1) is 21.5 Å². The van der Waals surface area contributed by atoms with Gasteiger partial charge in [-0.2, -0.15) is 0 Å². The summed E-state index contributed by atoms with van der Waals surface area (Å²) in [6.45, 7) is 4.84. The van der Waals surface area contributed by atoms with E-state index in [1.807, 2.05) is 52.4 Å². The summed E-state index contributed by atoms with van der Waals surface area (Å²) >= 11 is 3.02. The first-order chi connectivity index (χ1) is 12.1. The largest absolute Gasteiger partial charge is 0.355 e. The van der Waals surface area contributed by atoms with Crippen LogP contribution < -0.4 is 5.32 Å². The lowest BCUT2D eigenvalue weighted by molar-refractivity contribution is -0.118. The number of amides is 1. The third-order valence-corrected chi connectivity index (χ3v) is 5.22. The molecule has 1 N–H and O–H groups in total. The highest BCUT2D eigenvalue weighted by atomic mass is 32.2. The minimum atomic E-state index is 0.0129. The van der Waals surface area contributed by atoms with Crippen molar-refractivity contribution in [2.75, 3.05) is 12.3 Å². The van der Waals surface area contributed by atoms with Gasteiger partial charge in [0.15, 0.2) is 11.0 Å². The van der Waals surface area contributed by atoms with Gasteiger partial charge in [-0.1, -0.05) is 49.9 Å². The number of hydrogen-bond donors (Lipinski definition) is 1. The third-order valence-electron chi connectivity index (χ3n) is 3.43. The Morgan fingerprint density at radius 2 is 2.00 bits per heavy atom. The Kier molecular flexibility index (Phi) is 5.88. The van der Waals surface area contributed by atoms with Crippen molar-refractivity contribution in [3.63, 3.8) is 0 Å². The lowest BCUT2D eigenvalue weighted by Gasteiger charge is -2.10. The molecule has 0 saturated carbocycles. The van der Waals surface area contributed by atoms with Gasteiger partial charge in [0.05, 0.1) is 10.6 Å². The summed E-state index contributed by atoms with van der Waals surface area (Å²) in [7, 11) is 0. The Labute approximate surface area is 155 Å². The minimum absolute atomic E-state index is 0.0129. The molecule has 25 heavy (non-hydrogen) atoms. The molecule has 0 fully saturated rings. The first kappa shape index (κ1) is 17.7. The normalized spacial score (nSPS) is 11.0. The van der Waals surface area contributed by atoms with Crippen LogP contribution in [0.2, 0.25) is 0 Å². The summed E-state index contributed by atoms with van der Waals surface area (Å²) in [5, 5.41) is 14.3. The van der Waals surface area contributed by atoms with Crippen LogP contribution in [-0.2, 0) is 4.79 Å². The number of para-hydroxylation sites is 1. The van der Waals surface area contributed by atoms with E-state index in [9.17, 15) is 4.79 Å². The number of aromatic nitrogens is 3.